The first-order valence-corrected chi connectivity index (χ1v) is 19.1. The molecular formula is C24H46O5Si3. The van der Waals surface area contributed by atoms with Crippen molar-refractivity contribution in [3.63, 3.8) is 0 Å². The van der Waals surface area contributed by atoms with Crippen LogP contribution in [0.2, 0.25) is 31.2 Å². The third-order valence-corrected chi connectivity index (χ3v) is 13.1. The first-order chi connectivity index (χ1) is 14.8. The normalized spacial score (nSPS) is 20.0. The Morgan fingerprint density at radius 2 is 1.66 bits per heavy atom. The van der Waals surface area contributed by atoms with Crippen LogP contribution in [0.1, 0.15) is 64.2 Å². The van der Waals surface area contributed by atoms with E-state index in [1.165, 1.54) is 0 Å². The third-order valence-electron chi connectivity index (χ3n) is 7.21. The molecule has 0 spiro atoms. The summed E-state index contributed by atoms with van der Waals surface area (Å²) in [6.45, 7) is 21.7. The number of hydrogen-bond acceptors (Lipinski definition) is 5. The number of aliphatic hydroxyl groups is 1. The monoisotopic (exact) mass is 498 g/mol. The Labute approximate surface area is 201 Å². The van der Waals surface area contributed by atoms with Gasteiger partial charge in [0, 0.05) is 37.5 Å². The van der Waals surface area contributed by atoms with Gasteiger partial charge in [-0.25, -0.2) is 0 Å². The average Bonchev–Trinajstić information content (AvgIpc) is 2.71. The molecule has 1 aromatic rings. The highest BCUT2D eigenvalue weighted by molar-refractivity contribution is 6.74. The van der Waals surface area contributed by atoms with Crippen molar-refractivity contribution in [1.29, 1.82) is 0 Å². The van der Waals surface area contributed by atoms with Gasteiger partial charge in [0.2, 0.25) is 0 Å². The summed E-state index contributed by atoms with van der Waals surface area (Å²) in [5, 5.41) is 11.5. The van der Waals surface area contributed by atoms with E-state index in [9.17, 15) is 5.11 Å². The highest BCUT2D eigenvalue weighted by atomic mass is 28.4. The van der Waals surface area contributed by atoms with Gasteiger partial charge >= 0.3 is 0 Å². The molecule has 0 radical (unpaired) electrons. The lowest BCUT2D eigenvalue weighted by Crippen LogP contribution is -2.43. The maximum absolute atomic E-state index is 11.4. The van der Waals surface area contributed by atoms with Crippen LogP contribution >= 0.6 is 0 Å². The molecule has 1 fully saturated rings. The van der Waals surface area contributed by atoms with Gasteiger partial charge in [-0.15, -0.1) is 0 Å². The molecule has 8 heteroatoms. The maximum atomic E-state index is 11.4. The van der Waals surface area contributed by atoms with E-state index in [1.807, 2.05) is 0 Å². The van der Waals surface area contributed by atoms with Crippen molar-refractivity contribution >= 4 is 27.8 Å². The highest BCUT2D eigenvalue weighted by Crippen LogP contribution is 2.42. The SMILES string of the molecule is C[SiH2]OC(O[SiH2]C)(c1ccc(C2(O)CCOCC2)cc1CO[Si](C)(C)C(C)(C)C)C(C)C. The fraction of sp³-hybridized carbons (Fsp3) is 0.750. The largest absolute Gasteiger partial charge is 0.413 e. The Hall–Kier alpha value is -0.329. The van der Waals surface area contributed by atoms with Crippen molar-refractivity contribution in [1.82, 2.24) is 0 Å². The Bertz CT molecular complexity index is 734. The van der Waals surface area contributed by atoms with Crippen molar-refractivity contribution in [2.75, 3.05) is 13.2 Å². The molecule has 1 aliphatic rings. The number of ether oxygens (including phenoxy) is 1. The lowest BCUT2D eigenvalue weighted by molar-refractivity contribution is -0.157. The molecule has 2 rings (SSSR count). The van der Waals surface area contributed by atoms with E-state index in [0.29, 0.717) is 32.7 Å². The topological polar surface area (TPSA) is 57.2 Å². The van der Waals surface area contributed by atoms with Crippen LogP contribution in [0.4, 0.5) is 0 Å². The molecule has 184 valence electrons. The zero-order valence-corrected chi connectivity index (χ0v) is 25.7. The number of benzene rings is 1. The smallest absolute Gasteiger partial charge is 0.192 e. The van der Waals surface area contributed by atoms with E-state index in [0.717, 1.165) is 16.7 Å². The fourth-order valence-corrected chi connectivity index (χ4v) is 7.20. The second kappa shape index (κ2) is 10.9. The van der Waals surface area contributed by atoms with Gasteiger partial charge in [-0.2, -0.15) is 0 Å². The van der Waals surface area contributed by atoms with E-state index >= 15 is 0 Å². The molecule has 1 N–H and O–H groups in total. The van der Waals surface area contributed by atoms with Crippen LogP contribution in [-0.4, -0.2) is 46.2 Å². The molecular weight excluding hydrogens is 453 g/mol. The molecule has 1 aliphatic heterocycles. The summed E-state index contributed by atoms with van der Waals surface area (Å²) in [4.78, 5) is 0. The third kappa shape index (κ3) is 6.02. The maximum Gasteiger partial charge on any atom is 0.192 e. The van der Waals surface area contributed by atoms with Gasteiger partial charge in [-0.1, -0.05) is 65.9 Å². The molecule has 1 aromatic carbocycles. The molecule has 0 bridgehead atoms. The summed E-state index contributed by atoms with van der Waals surface area (Å²) in [5.41, 5.74) is 2.22. The molecule has 0 atom stereocenters. The summed E-state index contributed by atoms with van der Waals surface area (Å²) < 4.78 is 25.2. The van der Waals surface area contributed by atoms with Crippen molar-refractivity contribution in [2.45, 2.75) is 96.7 Å². The van der Waals surface area contributed by atoms with Gasteiger partial charge in [-0.3, -0.25) is 0 Å². The van der Waals surface area contributed by atoms with Gasteiger partial charge < -0.3 is 23.1 Å². The van der Waals surface area contributed by atoms with E-state index in [1.54, 1.807) is 0 Å². The van der Waals surface area contributed by atoms with E-state index < -0.39 is 39.2 Å². The van der Waals surface area contributed by atoms with Gasteiger partial charge in [0.25, 0.3) is 0 Å². The second-order valence-electron chi connectivity index (χ2n) is 10.8. The van der Waals surface area contributed by atoms with E-state index in [-0.39, 0.29) is 11.0 Å². The van der Waals surface area contributed by atoms with Crippen LogP contribution < -0.4 is 0 Å². The standard InChI is InChI=1S/C24H46O5Si3/c1-18(2)24(28-30-6,29-31-7)21-11-10-20(23(25)12-14-26-15-13-23)16-19(21)17-27-32(8,9)22(3,4)5/h10-11,16,18,25H,12-15,17,30-31H2,1-9H3. The summed E-state index contributed by atoms with van der Waals surface area (Å²) in [7, 11) is -3.39. The Kier molecular flexibility index (Phi) is 9.55. The second-order valence-corrected chi connectivity index (χ2v) is 17.3. The van der Waals surface area contributed by atoms with Gasteiger partial charge in [-0.05, 0) is 29.3 Å². The van der Waals surface area contributed by atoms with Crippen LogP contribution in [0, 0.1) is 5.92 Å². The molecule has 0 saturated carbocycles. The van der Waals surface area contributed by atoms with E-state index in [2.05, 4.69) is 79.0 Å². The molecule has 1 heterocycles. The van der Waals surface area contributed by atoms with Gasteiger partial charge in [0.05, 0.1) is 12.2 Å². The first kappa shape index (κ1) is 27.9. The molecule has 0 amide bonds. The molecule has 5 nitrogen and oxygen atoms in total. The summed E-state index contributed by atoms with van der Waals surface area (Å²) >= 11 is 0. The van der Waals surface area contributed by atoms with Crippen LogP contribution in [0.15, 0.2) is 18.2 Å². The minimum absolute atomic E-state index is 0.123. The number of rotatable bonds is 10. The first-order valence-electron chi connectivity index (χ1n) is 12.2. The van der Waals surface area contributed by atoms with Crippen molar-refractivity contribution < 1.29 is 23.1 Å². The Balaban J connectivity index is 2.59. The van der Waals surface area contributed by atoms with Crippen LogP contribution in [0.25, 0.3) is 0 Å². The minimum atomic E-state index is -1.96. The van der Waals surface area contributed by atoms with Crippen LogP contribution in [-0.2, 0) is 36.0 Å². The quantitative estimate of drug-likeness (QED) is 0.385. The van der Waals surface area contributed by atoms with E-state index in [4.69, 9.17) is 18.0 Å². The Morgan fingerprint density at radius 1 is 1.09 bits per heavy atom. The predicted molar refractivity (Wildman–Crippen MR) is 140 cm³/mol. The molecule has 0 aliphatic carbocycles. The molecule has 1 saturated heterocycles. The molecule has 0 aromatic heterocycles. The molecule has 32 heavy (non-hydrogen) atoms. The van der Waals surface area contributed by atoms with Crippen LogP contribution in [0.3, 0.4) is 0 Å². The zero-order valence-electron chi connectivity index (χ0n) is 21.8. The van der Waals surface area contributed by atoms with Gasteiger partial charge in [0.15, 0.2) is 33.6 Å². The number of hydrogen-bond donors (Lipinski definition) is 1. The van der Waals surface area contributed by atoms with Crippen molar-refractivity contribution in [3.05, 3.63) is 34.9 Å². The Morgan fingerprint density at radius 3 is 2.12 bits per heavy atom. The fourth-order valence-electron chi connectivity index (χ4n) is 4.09. The zero-order chi connectivity index (χ0) is 24.2. The minimum Gasteiger partial charge on any atom is -0.413 e. The predicted octanol–water partition coefficient (Wildman–Crippen LogP) is 4.31. The van der Waals surface area contributed by atoms with Gasteiger partial charge in [0.1, 0.15) is 0 Å². The molecule has 0 unspecified atom stereocenters. The summed E-state index contributed by atoms with van der Waals surface area (Å²) in [6.07, 6.45) is 1.22. The highest BCUT2D eigenvalue weighted by Gasteiger charge is 2.41. The average molecular weight is 499 g/mol. The summed E-state index contributed by atoms with van der Waals surface area (Å²) in [6, 6.07) is 6.34. The van der Waals surface area contributed by atoms with Crippen molar-refractivity contribution in [2.24, 2.45) is 5.92 Å². The lowest BCUT2D eigenvalue weighted by Gasteiger charge is -2.41. The lowest BCUT2D eigenvalue weighted by atomic mass is 9.83. The van der Waals surface area contributed by atoms with Crippen LogP contribution in [0.5, 0.6) is 0 Å². The van der Waals surface area contributed by atoms with Crippen molar-refractivity contribution in [3.8, 4) is 0 Å². The summed E-state index contributed by atoms with van der Waals surface area (Å²) in [5.74, 6) is -0.559.